The molecule has 1 amide bonds. The fourth-order valence-electron chi connectivity index (χ4n) is 3.48. The molecule has 0 bridgehead atoms. The molecular weight excluding hydrogens is 320 g/mol. The molecule has 0 aromatic heterocycles. The normalized spacial score (nSPS) is 16.9. The van der Waals surface area contributed by atoms with Crippen molar-refractivity contribution in [1.82, 2.24) is 10.2 Å². The molecule has 1 fully saturated rings. The van der Waals surface area contributed by atoms with E-state index in [1.807, 2.05) is 19.2 Å². The molecule has 0 aliphatic carbocycles. The van der Waals surface area contributed by atoms with Gasteiger partial charge in [0.15, 0.2) is 0 Å². The van der Waals surface area contributed by atoms with E-state index in [2.05, 4.69) is 72.0 Å². The number of rotatable bonds is 4. The van der Waals surface area contributed by atoms with Crippen molar-refractivity contribution in [2.45, 2.75) is 12.6 Å². The molecule has 0 saturated carbocycles. The maximum Gasteiger partial charge on any atom is 0.237 e. The molecule has 4 rings (SSSR count). The third-order valence-electron chi connectivity index (χ3n) is 4.99. The van der Waals surface area contributed by atoms with Crippen LogP contribution in [0, 0.1) is 0 Å². The topological polar surface area (TPSA) is 32.3 Å². The van der Waals surface area contributed by atoms with Crippen molar-refractivity contribution in [1.29, 1.82) is 0 Å². The molecule has 1 aliphatic rings. The Bertz CT molecular complexity index is 848. The monoisotopic (exact) mass is 342 g/mol. The summed E-state index contributed by atoms with van der Waals surface area (Å²) < 4.78 is 0. The van der Waals surface area contributed by atoms with Gasteiger partial charge in [-0.2, -0.15) is 0 Å². The first kappa shape index (κ1) is 16.6. The molecular formula is C23H22N2O. The van der Waals surface area contributed by atoms with Crippen LogP contribution >= 0.6 is 0 Å². The van der Waals surface area contributed by atoms with Crippen molar-refractivity contribution in [2.75, 3.05) is 13.6 Å². The van der Waals surface area contributed by atoms with Gasteiger partial charge < -0.3 is 4.90 Å². The molecule has 130 valence electrons. The van der Waals surface area contributed by atoms with E-state index in [9.17, 15) is 4.79 Å². The largest absolute Gasteiger partial charge is 0.329 e. The lowest BCUT2D eigenvalue weighted by molar-refractivity contribution is -0.126. The number of benzene rings is 3. The molecule has 26 heavy (non-hydrogen) atoms. The third kappa shape index (κ3) is 3.39. The summed E-state index contributed by atoms with van der Waals surface area (Å²) in [5.41, 5.74) is 6.04. The van der Waals surface area contributed by atoms with Gasteiger partial charge in [-0.05, 0) is 33.9 Å². The predicted molar refractivity (Wildman–Crippen MR) is 106 cm³/mol. The van der Waals surface area contributed by atoms with Crippen LogP contribution in [-0.2, 0) is 11.2 Å². The lowest BCUT2D eigenvalue weighted by Gasteiger charge is -2.20. The lowest BCUT2D eigenvalue weighted by Crippen LogP contribution is -2.36. The summed E-state index contributed by atoms with van der Waals surface area (Å²) in [7, 11) is 1.87. The zero-order chi connectivity index (χ0) is 17.9. The van der Waals surface area contributed by atoms with Crippen molar-refractivity contribution in [2.24, 2.45) is 0 Å². The van der Waals surface area contributed by atoms with E-state index in [4.69, 9.17) is 0 Å². The Morgan fingerprint density at radius 3 is 1.85 bits per heavy atom. The van der Waals surface area contributed by atoms with Crippen molar-refractivity contribution in [3.05, 3.63) is 84.4 Å². The van der Waals surface area contributed by atoms with Gasteiger partial charge in [-0.15, -0.1) is 0 Å². The van der Waals surface area contributed by atoms with E-state index in [0.29, 0.717) is 6.54 Å². The highest BCUT2D eigenvalue weighted by Crippen LogP contribution is 2.29. The van der Waals surface area contributed by atoms with Gasteiger partial charge in [0.1, 0.15) is 0 Å². The first-order valence-corrected chi connectivity index (χ1v) is 8.94. The maximum absolute atomic E-state index is 11.8. The van der Waals surface area contributed by atoms with Gasteiger partial charge >= 0.3 is 0 Å². The molecule has 3 nitrogen and oxygen atoms in total. The van der Waals surface area contributed by atoms with Crippen LogP contribution in [0.1, 0.15) is 5.56 Å². The summed E-state index contributed by atoms with van der Waals surface area (Å²) in [6, 6.07) is 27.6. The van der Waals surface area contributed by atoms with Gasteiger partial charge in [-0.3, -0.25) is 10.1 Å². The number of carbonyl (C=O) groups is 1. The van der Waals surface area contributed by atoms with Crippen LogP contribution in [-0.4, -0.2) is 30.6 Å². The molecule has 3 aromatic carbocycles. The second kappa shape index (κ2) is 7.14. The standard InChI is InChI=1S/C23H22N2O/c1-25-22(24-16-23(25)26)14-17-12-20(18-8-4-2-5-9-18)15-21(13-17)19-10-6-3-7-11-19/h2-13,15,22,24H,14,16H2,1H3. The average molecular weight is 342 g/mol. The minimum atomic E-state index is 0.0529. The molecule has 1 atom stereocenters. The van der Waals surface area contributed by atoms with Crippen molar-refractivity contribution < 1.29 is 4.79 Å². The van der Waals surface area contributed by atoms with E-state index in [1.165, 1.54) is 27.8 Å². The first-order valence-electron chi connectivity index (χ1n) is 8.94. The Labute approximate surface area is 154 Å². The van der Waals surface area contributed by atoms with E-state index in [1.54, 1.807) is 4.90 Å². The van der Waals surface area contributed by atoms with Crippen LogP contribution in [0.25, 0.3) is 22.3 Å². The van der Waals surface area contributed by atoms with Gasteiger partial charge in [0.2, 0.25) is 5.91 Å². The average Bonchev–Trinajstić information content (AvgIpc) is 3.01. The van der Waals surface area contributed by atoms with Crippen molar-refractivity contribution >= 4 is 5.91 Å². The van der Waals surface area contributed by atoms with Crippen molar-refractivity contribution in [3.8, 4) is 22.3 Å². The van der Waals surface area contributed by atoms with Gasteiger partial charge in [-0.1, -0.05) is 72.8 Å². The molecule has 3 heteroatoms. The van der Waals surface area contributed by atoms with Gasteiger partial charge in [-0.25, -0.2) is 0 Å². The molecule has 1 N–H and O–H groups in total. The van der Waals surface area contributed by atoms with Gasteiger partial charge in [0.25, 0.3) is 0 Å². The quantitative estimate of drug-likeness (QED) is 0.779. The number of likely N-dealkylation sites (N-methyl/N-ethyl adjacent to an activating group) is 1. The zero-order valence-corrected chi connectivity index (χ0v) is 14.9. The number of amides is 1. The fraction of sp³-hybridized carbons (Fsp3) is 0.174. The Morgan fingerprint density at radius 2 is 1.38 bits per heavy atom. The van der Waals surface area contributed by atoms with Crippen LogP contribution in [0.15, 0.2) is 78.9 Å². The Kier molecular flexibility index (Phi) is 4.55. The zero-order valence-electron chi connectivity index (χ0n) is 14.9. The fourth-order valence-corrected chi connectivity index (χ4v) is 3.48. The summed E-state index contributed by atoms with van der Waals surface area (Å²) >= 11 is 0. The second-order valence-corrected chi connectivity index (χ2v) is 6.76. The number of carbonyl (C=O) groups excluding carboxylic acids is 1. The number of hydrogen-bond acceptors (Lipinski definition) is 2. The van der Waals surface area contributed by atoms with Gasteiger partial charge in [0, 0.05) is 13.5 Å². The highest BCUT2D eigenvalue weighted by atomic mass is 16.2. The molecule has 1 saturated heterocycles. The first-order chi connectivity index (χ1) is 12.7. The van der Waals surface area contributed by atoms with E-state index >= 15 is 0 Å². The molecule has 3 aromatic rings. The summed E-state index contributed by atoms with van der Waals surface area (Å²) in [6.45, 7) is 0.422. The van der Waals surface area contributed by atoms with Crippen molar-refractivity contribution in [3.63, 3.8) is 0 Å². The van der Waals surface area contributed by atoms with Crippen LogP contribution in [0.3, 0.4) is 0 Å². The van der Waals surface area contributed by atoms with Gasteiger partial charge in [0.05, 0.1) is 12.7 Å². The lowest BCUT2D eigenvalue weighted by atomic mass is 9.94. The highest BCUT2D eigenvalue weighted by Gasteiger charge is 2.27. The van der Waals surface area contributed by atoms with E-state index in [0.717, 1.165) is 6.42 Å². The summed E-state index contributed by atoms with van der Waals surface area (Å²) in [6.07, 6.45) is 0.847. The number of nitrogens with one attached hydrogen (secondary N) is 1. The Morgan fingerprint density at radius 1 is 0.846 bits per heavy atom. The minimum Gasteiger partial charge on any atom is -0.329 e. The molecule has 0 spiro atoms. The van der Waals surface area contributed by atoms with E-state index in [-0.39, 0.29) is 12.1 Å². The number of nitrogens with zero attached hydrogens (tertiary/aromatic N) is 1. The van der Waals surface area contributed by atoms with Crippen LogP contribution in [0.2, 0.25) is 0 Å². The van der Waals surface area contributed by atoms with Crippen LogP contribution in [0.4, 0.5) is 0 Å². The predicted octanol–water partition coefficient (Wildman–Crippen LogP) is 3.95. The Balaban J connectivity index is 1.74. The third-order valence-corrected chi connectivity index (χ3v) is 4.99. The highest BCUT2D eigenvalue weighted by molar-refractivity contribution is 5.80. The molecule has 0 radical (unpaired) electrons. The summed E-state index contributed by atoms with van der Waals surface area (Å²) in [5, 5.41) is 3.30. The number of hydrogen-bond donors (Lipinski definition) is 1. The molecule has 1 aliphatic heterocycles. The second-order valence-electron chi connectivity index (χ2n) is 6.76. The maximum atomic E-state index is 11.8. The summed E-state index contributed by atoms with van der Waals surface area (Å²) in [5.74, 6) is 0.150. The Hall–Kier alpha value is -2.91. The summed E-state index contributed by atoms with van der Waals surface area (Å²) in [4.78, 5) is 13.6. The SMILES string of the molecule is CN1C(=O)CNC1Cc1cc(-c2ccccc2)cc(-c2ccccc2)c1. The molecule has 1 unspecified atom stereocenters. The van der Waals surface area contributed by atoms with Crippen LogP contribution < -0.4 is 5.32 Å². The molecule has 1 heterocycles. The van der Waals surface area contributed by atoms with Crippen LogP contribution in [0.5, 0.6) is 0 Å². The smallest absolute Gasteiger partial charge is 0.237 e. The minimum absolute atomic E-state index is 0.0529. The van der Waals surface area contributed by atoms with E-state index < -0.39 is 0 Å².